The van der Waals surface area contributed by atoms with Gasteiger partial charge in [-0.25, -0.2) is 4.98 Å². The van der Waals surface area contributed by atoms with E-state index in [1.807, 2.05) is 66.7 Å². The van der Waals surface area contributed by atoms with Gasteiger partial charge in [0, 0.05) is 12.6 Å². The second-order valence-corrected chi connectivity index (χ2v) is 6.09. The van der Waals surface area contributed by atoms with E-state index in [0.717, 1.165) is 22.4 Å². The van der Waals surface area contributed by atoms with Crippen molar-refractivity contribution in [1.29, 1.82) is 0 Å². The molecule has 0 unspecified atom stereocenters. The van der Waals surface area contributed by atoms with Crippen LogP contribution in [0.3, 0.4) is 0 Å². The highest BCUT2D eigenvalue weighted by molar-refractivity contribution is 5.85. The van der Waals surface area contributed by atoms with Crippen molar-refractivity contribution in [2.75, 3.05) is 7.11 Å². The van der Waals surface area contributed by atoms with Crippen molar-refractivity contribution in [2.45, 2.75) is 0 Å². The van der Waals surface area contributed by atoms with E-state index in [1.54, 1.807) is 24.8 Å². The maximum atomic E-state index is 12.8. The second-order valence-electron chi connectivity index (χ2n) is 6.09. The van der Waals surface area contributed by atoms with Gasteiger partial charge in [-0.15, -0.1) is 0 Å². The van der Waals surface area contributed by atoms with Gasteiger partial charge in [0.25, 0.3) is 5.56 Å². The molecular weight excluding hydrogens is 324 g/mol. The largest absolute Gasteiger partial charge is 0.497 e. The highest BCUT2D eigenvalue weighted by atomic mass is 16.5. The standard InChI is InChI=1S/C22H18N2O2/c1-24-21(23-20-11-7-6-10-18(20)22(24)25)17-13-12-16(26-2)14-19(17)15-8-4-3-5-9-15/h3-14H,1-2H3. The fraction of sp³-hybridized carbons (Fsp3) is 0.0909. The Morgan fingerprint density at radius 3 is 2.38 bits per heavy atom. The molecule has 4 rings (SSSR count). The summed E-state index contributed by atoms with van der Waals surface area (Å²) in [7, 11) is 3.41. The van der Waals surface area contributed by atoms with Crippen LogP contribution >= 0.6 is 0 Å². The van der Waals surface area contributed by atoms with Crippen molar-refractivity contribution < 1.29 is 4.74 Å². The molecule has 0 saturated carbocycles. The number of para-hydroxylation sites is 1. The van der Waals surface area contributed by atoms with Crippen LogP contribution in [-0.4, -0.2) is 16.7 Å². The van der Waals surface area contributed by atoms with Crippen molar-refractivity contribution in [3.8, 4) is 28.3 Å². The number of hydrogen-bond donors (Lipinski definition) is 0. The van der Waals surface area contributed by atoms with Crippen LogP contribution in [0.1, 0.15) is 0 Å². The molecule has 4 nitrogen and oxygen atoms in total. The molecule has 0 saturated heterocycles. The maximum Gasteiger partial charge on any atom is 0.261 e. The molecule has 0 spiro atoms. The minimum absolute atomic E-state index is 0.0552. The number of aromatic nitrogens is 2. The van der Waals surface area contributed by atoms with Crippen LogP contribution in [0.5, 0.6) is 5.75 Å². The molecule has 0 atom stereocenters. The molecule has 0 amide bonds. The molecule has 1 aromatic heterocycles. The lowest BCUT2D eigenvalue weighted by Gasteiger charge is -2.15. The van der Waals surface area contributed by atoms with Crippen LogP contribution < -0.4 is 10.3 Å². The van der Waals surface area contributed by atoms with Crippen molar-refractivity contribution in [2.24, 2.45) is 7.05 Å². The van der Waals surface area contributed by atoms with Crippen LogP contribution in [0.25, 0.3) is 33.4 Å². The molecule has 26 heavy (non-hydrogen) atoms. The zero-order chi connectivity index (χ0) is 18.1. The van der Waals surface area contributed by atoms with Gasteiger partial charge in [-0.05, 0) is 41.5 Å². The molecule has 3 aromatic carbocycles. The number of methoxy groups -OCH3 is 1. The second kappa shape index (κ2) is 6.48. The third kappa shape index (κ3) is 2.65. The number of fused-ring (bicyclic) bond motifs is 1. The van der Waals surface area contributed by atoms with Gasteiger partial charge < -0.3 is 4.74 Å². The fourth-order valence-electron chi connectivity index (χ4n) is 3.16. The van der Waals surface area contributed by atoms with E-state index in [0.29, 0.717) is 16.7 Å². The van der Waals surface area contributed by atoms with Crippen LogP contribution in [0.4, 0.5) is 0 Å². The third-order valence-electron chi connectivity index (χ3n) is 4.54. The summed E-state index contributed by atoms with van der Waals surface area (Å²) in [5.74, 6) is 1.40. The summed E-state index contributed by atoms with van der Waals surface area (Å²) in [6.07, 6.45) is 0. The lowest BCUT2D eigenvalue weighted by Crippen LogP contribution is -2.20. The van der Waals surface area contributed by atoms with Gasteiger partial charge in [-0.3, -0.25) is 9.36 Å². The Morgan fingerprint density at radius 2 is 1.62 bits per heavy atom. The molecule has 0 radical (unpaired) electrons. The molecule has 0 aliphatic carbocycles. The first-order chi connectivity index (χ1) is 12.7. The topological polar surface area (TPSA) is 44.1 Å². The minimum atomic E-state index is -0.0552. The zero-order valence-electron chi connectivity index (χ0n) is 14.6. The van der Waals surface area contributed by atoms with Gasteiger partial charge in [-0.1, -0.05) is 42.5 Å². The van der Waals surface area contributed by atoms with Crippen LogP contribution in [0.2, 0.25) is 0 Å². The first-order valence-electron chi connectivity index (χ1n) is 8.38. The van der Waals surface area contributed by atoms with E-state index >= 15 is 0 Å². The lowest BCUT2D eigenvalue weighted by atomic mass is 9.98. The summed E-state index contributed by atoms with van der Waals surface area (Å²) >= 11 is 0. The number of rotatable bonds is 3. The van der Waals surface area contributed by atoms with Crippen molar-refractivity contribution >= 4 is 10.9 Å². The van der Waals surface area contributed by atoms with Gasteiger partial charge in [-0.2, -0.15) is 0 Å². The monoisotopic (exact) mass is 342 g/mol. The van der Waals surface area contributed by atoms with Crippen LogP contribution in [-0.2, 0) is 7.05 Å². The summed E-state index contributed by atoms with van der Waals surface area (Å²) < 4.78 is 7.01. The maximum absolute atomic E-state index is 12.8. The first-order valence-corrected chi connectivity index (χ1v) is 8.38. The summed E-state index contributed by atoms with van der Waals surface area (Å²) in [6.45, 7) is 0. The fourth-order valence-corrected chi connectivity index (χ4v) is 3.16. The summed E-state index contributed by atoms with van der Waals surface area (Å²) in [6, 6.07) is 23.3. The quantitative estimate of drug-likeness (QED) is 0.558. The molecule has 0 aliphatic rings. The van der Waals surface area contributed by atoms with Gasteiger partial charge in [0.05, 0.1) is 18.0 Å². The van der Waals surface area contributed by atoms with E-state index in [-0.39, 0.29) is 5.56 Å². The van der Waals surface area contributed by atoms with E-state index in [4.69, 9.17) is 9.72 Å². The van der Waals surface area contributed by atoms with E-state index in [2.05, 4.69) is 0 Å². The van der Waals surface area contributed by atoms with E-state index < -0.39 is 0 Å². The Kier molecular flexibility index (Phi) is 4.01. The Morgan fingerprint density at radius 1 is 0.885 bits per heavy atom. The Bertz CT molecular complexity index is 1150. The molecule has 4 heteroatoms. The molecule has 1 heterocycles. The predicted octanol–water partition coefficient (Wildman–Crippen LogP) is 4.28. The molecule has 4 aromatic rings. The average Bonchev–Trinajstić information content (AvgIpc) is 2.71. The number of ether oxygens (including phenoxy) is 1. The number of nitrogens with zero attached hydrogens (tertiary/aromatic N) is 2. The third-order valence-corrected chi connectivity index (χ3v) is 4.54. The van der Waals surface area contributed by atoms with Gasteiger partial charge in [0.15, 0.2) is 0 Å². The Balaban J connectivity index is 2.04. The number of benzene rings is 3. The molecule has 0 N–H and O–H groups in total. The first kappa shape index (κ1) is 16.1. The van der Waals surface area contributed by atoms with Crippen molar-refractivity contribution in [3.63, 3.8) is 0 Å². The average molecular weight is 342 g/mol. The summed E-state index contributed by atoms with van der Waals surface area (Å²) in [4.78, 5) is 17.6. The molecular formula is C22H18N2O2. The van der Waals surface area contributed by atoms with Crippen LogP contribution in [0, 0.1) is 0 Å². The summed E-state index contributed by atoms with van der Waals surface area (Å²) in [5.41, 5.74) is 3.55. The number of hydrogen-bond acceptors (Lipinski definition) is 3. The molecule has 0 aliphatic heterocycles. The molecule has 0 bridgehead atoms. The predicted molar refractivity (Wildman–Crippen MR) is 104 cm³/mol. The van der Waals surface area contributed by atoms with E-state index in [1.165, 1.54) is 0 Å². The lowest BCUT2D eigenvalue weighted by molar-refractivity contribution is 0.415. The zero-order valence-corrected chi connectivity index (χ0v) is 14.6. The minimum Gasteiger partial charge on any atom is -0.497 e. The van der Waals surface area contributed by atoms with Gasteiger partial charge in [0.1, 0.15) is 11.6 Å². The van der Waals surface area contributed by atoms with Crippen LogP contribution in [0.15, 0.2) is 77.6 Å². The Labute approximate surface area is 151 Å². The van der Waals surface area contributed by atoms with Crippen molar-refractivity contribution in [3.05, 3.63) is 83.2 Å². The normalized spacial score (nSPS) is 10.8. The highest BCUT2D eigenvalue weighted by Crippen LogP contribution is 2.34. The molecule has 128 valence electrons. The van der Waals surface area contributed by atoms with Gasteiger partial charge >= 0.3 is 0 Å². The van der Waals surface area contributed by atoms with E-state index in [9.17, 15) is 4.79 Å². The van der Waals surface area contributed by atoms with Crippen molar-refractivity contribution in [1.82, 2.24) is 9.55 Å². The SMILES string of the molecule is COc1ccc(-c2nc3ccccc3c(=O)n2C)c(-c2ccccc2)c1. The summed E-state index contributed by atoms with van der Waals surface area (Å²) in [5, 5.41) is 0.619. The highest BCUT2D eigenvalue weighted by Gasteiger charge is 2.15. The smallest absolute Gasteiger partial charge is 0.261 e. The Hall–Kier alpha value is -3.40. The molecule has 0 fully saturated rings. The van der Waals surface area contributed by atoms with Gasteiger partial charge in [0.2, 0.25) is 0 Å².